The molecule has 0 bridgehead atoms. The van der Waals surface area contributed by atoms with Gasteiger partial charge >= 0.3 is 16.6 Å². The van der Waals surface area contributed by atoms with Crippen molar-refractivity contribution in [3.8, 4) is 11.5 Å². The minimum atomic E-state index is -4.30. The van der Waals surface area contributed by atoms with Crippen molar-refractivity contribution in [2.45, 2.75) is 58.5 Å². The van der Waals surface area contributed by atoms with Gasteiger partial charge < -0.3 is 14.7 Å². The van der Waals surface area contributed by atoms with Crippen LogP contribution in [0.2, 0.25) is 0 Å². The van der Waals surface area contributed by atoms with Crippen LogP contribution in [0.1, 0.15) is 58.6 Å². The van der Waals surface area contributed by atoms with Gasteiger partial charge in [0.05, 0.1) is 17.2 Å². The molecule has 12 nitrogen and oxygen atoms in total. The number of carboxylic acids is 1. The second-order valence-electron chi connectivity index (χ2n) is 11.8. The molecular formula is C29H34N3O9S2+. The lowest BCUT2D eigenvalue weighted by Gasteiger charge is -2.44. The van der Waals surface area contributed by atoms with E-state index in [9.17, 15) is 22.9 Å². The standard InChI is InChI=1S/C29H33N3O6S.O3S/c1-17-14-28(2,3)31(6)23-12-25-21(10-19(17)23)30-22-11-20-18(16-39(35,36)37)15-29(4,5)32(9-7-8-27(33)34)24(20)13-26(22)38-25;1-4(2)3/h10-15H,7-9,16H2,1-6H3,(H-,33,34,35,36,37);/p+1. The van der Waals surface area contributed by atoms with Crippen molar-refractivity contribution in [3.63, 3.8) is 0 Å². The summed E-state index contributed by atoms with van der Waals surface area (Å²) in [5.74, 6) is -0.265. The average Bonchev–Trinajstić information content (AvgIpc) is 2.84. The van der Waals surface area contributed by atoms with Crippen molar-refractivity contribution in [3.05, 3.63) is 58.3 Å². The van der Waals surface area contributed by atoms with Crippen molar-refractivity contribution in [1.29, 1.82) is 0 Å². The zero-order valence-electron chi connectivity index (χ0n) is 24.7. The molecule has 0 fully saturated rings. The maximum atomic E-state index is 11.9. The summed E-state index contributed by atoms with van der Waals surface area (Å²) in [6.07, 6.45) is 4.46. The Balaban J connectivity index is 0.000000996. The van der Waals surface area contributed by atoms with Gasteiger partial charge in [0.2, 0.25) is 5.36 Å². The van der Waals surface area contributed by atoms with Crippen LogP contribution in [0.4, 0.5) is 11.4 Å². The molecule has 43 heavy (non-hydrogen) atoms. The summed E-state index contributed by atoms with van der Waals surface area (Å²) in [7, 11) is -5.36. The maximum absolute atomic E-state index is 11.9. The molecule has 0 saturated carbocycles. The predicted octanol–water partition coefficient (Wildman–Crippen LogP) is 2.79. The smallest absolute Gasteiger partial charge is 0.425 e. The Kier molecular flexibility index (Phi) is 8.43. The van der Waals surface area contributed by atoms with E-state index in [0.717, 1.165) is 16.5 Å². The van der Waals surface area contributed by atoms with Crippen LogP contribution < -0.4 is 24.9 Å². The van der Waals surface area contributed by atoms with E-state index in [1.165, 1.54) is 0 Å². The number of carboxylic acid groups (broad SMARTS) is 1. The summed E-state index contributed by atoms with van der Waals surface area (Å²) >= 11 is 0. The zero-order valence-corrected chi connectivity index (χ0v) is 26.3. The van der Waals surface area contributed by atoms with Crippen LogP contribution in [0.25, 0.3) is 11.1 Å². The van der Waals surface area contributed by atoms with Crippen LogP contribution in [0.5, 0.6) is 11.5 Å². The summed E-state index contributed by atoms with van der Waals surface area (Å²) in [5, 5.41) is 10.9. The van der Waals surface area contributed by atoms with Crippen LogP contribution in [0.3, 0.4) is 0 Å². The van der Waals surface area contributed by atoms with Gasteiger partial charge in [-0.1, -0.05) is 6.08 Å². The Bertz CT molecular complexity index is 1940. The number of fused-ring (bicyclic) bond motifs is 4. The Morgan fingerprint density at radius 2 is 1.70 bits per heavy atom. The fourth-order valence-electron chi connectivity index (χ4n) is 5.80. The Labute approximate surface area is 251 Å². The normalized spacial score (nSPS) is 17.3. The molecule has 0 atom stereocenters. The van der Waals surface area contributed by atoms with Crippen LogP contribution in [-0.4, -0.2) is 67.1 Å². The number of hydrogen-bond acceptors (Lipinski definition) is 9. The summed E-state index contributed by atoms with van der Waals surface area (Å²) in [4.78, 5) is 18.1. The first-order valence-electron chi connectivity index (χ1n) is 13.4. The van der Waals surface area contributed by atoms with E-state index < -0.39 is 38.0 Å². The van der Waals surface area contributed by atoms with Gasteiger partial charge in [-0.25, -0.2) is 9.57 Å². The van der Waals surface area contributed by atoms with E-state index in [-0.39, 0.29) is 12.0 Å². The highest BCUT2D eigenvalue weighted by Crippen LogP contribution is 2.46. The van der Waals surface area contributed by atoms with Crippen molar-refractivity contribution < 1.29 is 40.2 Å². The molecule has 5 rings (SSSR count). The predicted molar refractivity (Wildman–Crippen MR) is 161 cm³/mol. The SMILES string of the molecule is CC1=CC(C)(C)[N+](C)=c2cc3c(cc21)=Nc1cc2c(cc1O3)N(CCCC(=O)O)C(C)(C)C=C2CS(=O)(=O)O.O=S(=O)=O. The Hall–Kier alpha value is -3.88. The van der Waals surface area contributed by atoms with Crippen LogP contribution in [0.15, 0.2) is 41.4 Å². The molecule has 3 heterocycles. The van der Waals surface area contributed by atoms with Gasteiger partial charge in [-0.3, -0.25) is 9.35 Å². The average molecular weight is 633 g/mol. The Morgan fingerprint density at radius 1 is 1.05 bits per heavy atom. The van der Waals surface area contributed by atoms with Crippen LogP contribution in [-0.2, 0) is 25.5 Å². The number of benzene rings is 2. The van der Waals surface area contributed by atoms with E-state index in [4.69, 9.17) is 22.4 Å². The largest absolute Gasteiger partial charge is 0.481 e. The number of hydrogen-bond donors (Lipinski definition) is 2. The summed E-state index contributed by atoms with van der Waals surface area (Å²) in [6, 6.07) is 7.66. The lowest BCUT2D eigenvalue weighted by molar-refractivity contribution is -0.137. The summed E-state index contributed by atoms with van der Waals surface area (Å²) in [6.45, 7) is 10.7. The molecule has 0 unspecified atom stereocenters. The second-order valence-corrected chi connectivity index (χ2v) is 13.7. The monoisotopic (exact) mass is 632 g/mol. The number of nitrogens with zero attached hydrogens (tertiary/aromatic N) is 3. The Morgan fingerprint density at radius 3 is 2.30 bits per heavy atom. The molecule has 3 aliphatic heterocycles. The van der Waals surface area contributed by atoms with Gasteiger partial charge in [-0.05, 0) is 56.5 Å². The van der Waals surface area contributed by atoms with Gasteiger partial charge in [0.1, 0.15) is 23.8 Å². The third kappa shape index (κ3) is 6.86. The molecule has 0 aromatic heterocycles. The van der Waals surface area contributed by atoms with Crippen molar-refractivity contribution >= 4 is 49.2 Å². The number of rotatable bonds is 6. The fraction of sp³-hybridized carbons (Fsp3) is 0.414. The quantitative estimate of drug-likeness (QED) is 0.304. The van der Waals surface area contributed by atoms with Gasteiger partial charge in [0.15, 0.2) is 17.0 Å². The lowest BCUT2D eigenvalue weighted by atomic mass is 9.88. The lowest BCUT2D eigenvalue weighted by Crippen LogP contribution is -2.47. The number of aliphatic carboxylic acids is 1. The van der Waals surface area contributed by atoms with Gasteiger partial charge in [-0.15, -0.1) is 12.6 Å². The number of carbonyl (C=O) groups is 1. The first-order chi connectivity index (χ1) is 19.8. The zero-order chi connectivity index (χ0) is 32.1. The van der Waals surface area contributed by atoms with E-state index in [0.29, 0.717) is 52.3 Å². The molecule has 2 aromatic rings. The van der Waals surface area contributed by atoms with Gasteiger partial charge in [0, 0.05) is 44.1 Å². The first kappa shape index (κ1) is 32.0. The minimum absolute atomic E-state index is 0.0104. The maximum Gasteiger partial charge on any atom is 0.425 e. The molecular weight excluding hydrogens is 598 g/mol. The molecule has 0 spiro atoms. The molecule has 2 N–H and O–H groups in total. The highest BCUT2D eigenvalue weighted by molar-refractivity contribution is 7.86. The van der Waals surface area contributed by atoms with Crippen molar-refractivity contribution in [2.24, 2.45) is 4.99 Å². The van der Waals surface area contributed by atoms with E-state index >= 15 is 0 Å². The van der Waals surface area contributed by atoms with Crippen molar-refractivity contribution in [1.82, 2.24) is 4.58 Å². The second kappa shape index (κ2) is 11.3. The topological polar surface area (TPSA) is 171 Å². The van der Waals surface area contributed by atoms with E-state index in [2.05, 4.69) is 43.4 Å². The minimum Gasteiger partial charge on any atom is -0.481 e. The summed E-state index contributed by atoms with van der Waals surface area (Å²) in [5.41, 5.74) is 3.77. The molecule has 3 aliphatic rings. The van der Waals surface area contributed by atoms with E-state index in [1.807, 2.05) is 38.1 Å². The number of ether oxygens (including phenoxy) is 1. The van der Waals surface area contributed by atoms with Gasteiger partial charge in [-0.2, -0.15) is 8.42 Å². The molecule has 0 radical (unpaired) electrons. The third-order valence-electron chi connectivity index (χ3n) is 7.81. The third-order valence-corrected chi connectivity index (χ3v) is 8.48. The van der Waals surface area contributed by atoms with Crippen LogP contribution >= 0.6 is 0 Å². The molecule has 14 heteroatoms. The molecule has 230 valence electrons. The molecule has 2 aromatic carbocycles. The molecule has 0 saturated heterocycles. The van der Waals surface area contributed by atoms with Crippen LogP contribution in [0, 0.1) is 0 Å². The highest BCUT2D eigenvalue weighted by Gasteiger charge is 2.36. The number of allylic oxidation sites excluding steroid dienone is 1. The van der Waals surface area contributed by atoms with Gasteiger partial charge in [0.25, 0.3) is 10.1 Å². The highest BCUT2D eigenvalue weighted by atomic mass is 32.2. The summed E-state index contributed by atoms with van der Waals surface area (Å²) < 4.78 is 67.5. The fourth-order valence-corrected chi connectivity index (χ4v) is 6.43. The number of anilines is 1. The molecule has 0 amide bonds. The van der Waals surface area contributed by atoms with Crippen molar-refractivity contribution in [2.75, 3.05) is 24.2 Å². The molecule has 0 aliphatic carbocycles. The number of likely N-dealkylation sites (N-methyl/N-ethyl adjacent to an activating group) is 1. The first-order valence-corrected chi connectivity index (χ1v) is 16.0. The van der Waals surface area contributed by atoms with E-state index in [1.54, 1.807) is 6.07 Å².